The van der Waals surface area contributed by atoms with Gasteiger partial charge >= 0.3 is 0 Å². The molecule has 2 heterocycles. The number of amides is 1. The molecule has 2 aromatic rings. The Balaban J connectivity index is 1.73. The van der Waals surface area contributed by atoms with Crippen molar-refractivity contribution in [3.8, 4) is 5.69 Å². The maximum Gasteiger partial charge on any atom is 0.224 e. The number of aryl methyl sites for hydroxylation is 1. The van der Waals surface area contributed by atoms with Crippen LogP contribution in [0.5, 0.6) is 0 Å². The Bertz CT molecular complexity index is 708. The lowest BCUT2D eigenvalue weighted by molar-refractivity contribution is -0.121. The molecule has 1 aliphatic rings. The molecule has 1 fully saturated rings. The lowest BCUT2D eigenvalue weighted by atomic mass is 9.94. The van der Waals surface area contributed by atoms with Crippen LogP contribution in [0.1, 0.15) is 30.3 Å². The summed E-state index contributed by atoms with van der Waals surface area (Å²) in [5.41, 5.74) is 3.99. The highest BCUT2D eigenvalue weighted by Crippen LogP contribution is 2.19. The van der Waals surface area contributed by atoms with Crippen molar-refractivity contribution >= 4 is 5.91 Å². The summed E-state index contributed by atoms with van der Waals surface area (Å²) < 4.78 is 1.92. The molecule has 24 heavy (non-hydrogen) atoms. The van der Waals surface area contributed by atoms with Crippen molar-refractivity contribution in [2.45, 2.75) is 39.7 Å². The van der Waals surface area contributed by atoms with Gasteiger partial charge in [-0.3, -0.25) is 4.79 Å². The van der Waals surface area contributed by atoms with Crippen molar-refractivity contribution in [3.05, 3.63) is 47.3 Å². The number of piperidine rings is 1. The summed E-state index contributed by atoms with van der Waals surface area (Å²) in [6.07, 6.45) is 1.49. The number of hydrogen-bond donors (Lipinski definition) is 2. The summed E-state index contributed by atoms with van der Waals surface area (Å²) in [5.74, 6) is 0.596. The normalized spacial score (nSPS) is 20.8. The third kappa shape index (κ3) is 3.51. The van der Waals surface area contributed by atoms with Crippen LogP contribution in [0.15, 0.2) is 30.3 Å². The molecule has 5 heteroatoms. The van der Waals surface area contributed by atoms with E-state index in [9.17, 15) is 4.79 Å². The van der Waals surface area contributed by atoms with Crippen molar-refractivity contribution < 1.29 is 4.79 Å². The van der Waals surface area contributed by atoms with Crippen molar-refractivity contribution in [2.24, 2.45) is 5.92 Å². The van der Waals surface area contributed by atoms with Crippen LogP contribution in [-0.2, 0) is 11.2 Å². The van der Waals surface area contributed by atoms with Gasteiger partial charge in [0.15, 0.2) is 0 Å². The van der Waals surface area contributed by atoms with E-state index in [4.69, 9.17) is 0 Å². The van der Waals surface area contributed by atoms with E-state index in [1.54, 1.807) is 0 Å². The van der Waals surface area contributed by atoms with Crippen molar-refractivity contribution in [2.75, 3.05) is 13.1 Å². The van der Waals surface area contributed by atoms with E-state index in [-0.39, 0.29) is 11.9 Å². The number of benzene rings is 1. The highest BCUT2D eigenvalue weighted by Gasteiger charge is 2.23. The number of para-hydroxylation sites is 1. The molecule has 1 aromatic heterocycles. The molecular weight excluding hydrogens is 300 g/mol. The maximum absolute atomic E-state index is 12.5. The molecule has 0 radical (unpaired) electrons. The fourth-order valence-corrected chi connectivity index (χ4v) is 3.35. The first-order valence-corrected chi connectivity index (χ1v) is 8.67. The number of rotatable bonds is 4. The number of carbonyl (C=O) groups is 1. The van der Waals surface area contributed by atoms with Crippen molar-refractivity contribution in [1.82, 2.24) is 20.4 Å². The Morgan fingerprint density at radius 2 is 2.08 bits per heavy atom. The van der Waals surface area contributed by atoms with Crippen LogP contribution in [0.25, 0.3) is 5.69 Å². The standard InChI is InChI=1S/C19H26N4O/c1-13-9-10-20-12-18(13)21-19(24)11-17-14(2)22-23(15(17)3)16-7-5-4-6-8-16/h4-8,13,18,20H,9-12H2,1-3H3,(H,21,24). The van der Waals surface area contributed by atoms with Crippen molar-refractivity contribution in [3.63, 3.8) is 0 Å². The Morgan fingerprint density at radius 3 is 2.79 bits per heavy atom. The third-order valence-electron chi connectivity index (χ3n) is 4.95. The van der Waals surface area contributed by atoms with E-state index < -0.39 is 0 Å². The molecule has 3 rings (SSSR count). The molecule has 0 bridgehead atoms. The van der Waals surface area contributed by atoms with Gasteiger partial charge in [-0.15, -0.1) is 0 Å². The Kier molecular flexibility index (Phi) is 5.00. The zero-order valence-electron chi connectivity index (χ0n) is 14.7. The molecule has 1 aliphatic heterocycles. The van der Waals surface area contributed by atoms with Gasteiger partial charge in [-0.25, -0.2) is 4.68 Å². The van der Waals surface area contributed by atoms with Crippen molar-refractivity contribution in [1.29, 1.82) is 0 Å². The summed E-state index contributed by atoms with van der Waals surface area (Å²) >= 11 is 0. The highest BCUT2D eigenvalue weighted by atomic mass is 16.1. The molecule has 2 unspecified atom stereocenters. The number of hydrogen-bond acceptors (Lipinski definition) is 3. The predicted molar refractivity (Wildman–Crippen MR) is 95.3 cm³/mol. The van der Waals surface area contributed by atoms with E-state index >= 15 is 0 Å². The van der Waals surface area contributed by atoms with E-state index in [1.807, 2.05) is 48.9 Å². The number of nitrogens with one attached hydrogen (secondary N) is 2. The molecule has 0 saturated carbocycles. The fourth-order valence-electron chi connectivity index (χ4n) is 3.35. The van der Waals surface area contributed by atoms with Crippen LogP contribution in [-0.4, -0.2) is 34.8 Å². The van der Waals surface area contributed by atoms with Crippen LogP contribution in [0.2, 0.25) is 0 Å². The van der Waals surface area contributed by atoms with Gasteiger partial charge in [-0.1, -0.05) is 25.1 Å². The van der Waals surface area contributed by atoms with E-state index in [1.165, 1.54) is 0 Å². The largest absolute Gasteiger partial charge is 0.352 e. The van der Waals surface area contributed by atoms with Gasteiger partial charge in [0.05, 0.1) is 17.8 Å². The number of nitrogens with zero attached hydrogens (tertiary/aromatic N) is 2. The molecule has 2 atom stereocenters. The lowest BCUT2D eigenvalue weighted by Crippen LogP contribution is -2.50. The van der Waals surface area contributed by atoms with Gasteiger partial charge in [-0.05, 0) is 44.9 Å². The van der Waals surface area contributed by atoms with Gasteiger partial charge < -0.3 is 10.6 Å². The average molecular weight is 326 g/mol. The minimum atomic E-state index is 0.0781. The summed E-state index contributed by atoms with van der Waals surface area (Å²) in [6, 6.07) is 10.3. The topological polar surface area (TPSA) is 59.0 Å². The van der Waals surface area contributed by atoms with Gasteiger partial charge in [-0.2, -0.15) is 5.10 Å². The summed E-state index contributed by atoms with van der Waals surface area (Å²) in [6.45, 7) is 8.10. The summed E-state index contributed by atoms with van der Waals surface area (Å²) in [7, 11) is 0. The molecule has 2 N–H and O–H groups in total. The molecule has 0 spiro atoms. The Labute approximate surface area is 143 Å². The average Bonchev–Trinajstić information content (AvgIpc) is 2.86. The fraction of sp³-hybridized carbons (Fsp3) is 0.474. The smallest absolute Gasteiger partial charge is 0.224 e. The SMILES string of the molecule is Cc1nn(-c2ccccc2)c(C)c1CC(=O)NC1CNCCC1C. The molecule has 1 amide bonds. The first-order chi connectivity index (χ1) is 11.6. The minimum Gasteiger partial charge on any atom is -0.352 e. The van der Waals surface area contributed by atoms with E-state index in [0.717, 1.165) is 42.1 Å². The first-order valence-electron chi connectivity index (χ1n) is 8.67. The Morgan fingerprint density at radius 1 is 1.33 bits per heavy atom. The molecular formula is C19H26N4O. The minimum absolute atomic E-state index is 0.0781. The molecule has 128 valence electrons. The van der Waals surface area contributed by atoms with Crippen LogP contribution in [0.4, 0.5) is 0 Å². The van der Waals surface area contributed by atoms with Gasteiger partial charge in [0.2, 0.25) is 5.91 Å². The van der Waals surface area contributed by atoms with Gasteiger partial charge in [0.25, 0.3) is 0 Å². The maximum atomic E-state index is 12.5. The second-order valence-electron chi connectivity index (χ2n) is 6.72. The molecule has 1 aromatic carbocycles. The third-order valence-corrected chi connectivity index (χ3v) is 4.95. The second-order valence-corrected chi connectivity index (χ2v) is 6.72. The number of carbonyl (C=O) groups excluding carboxylic acids is 1. The molecule has 0 aliphatic carbocycles. The monoisotopic (exact) mass is 326 g/mol. The van der Waals surface area contributed by atoms with Gasteiger partial charge in [0.1, 0.15) is 0 Å². The van der Waals surface area contributed by atoms with E-state index in [2.05, 4.69) is 22.7 Å². The summed E-state index contributed by atoms with van der Waals surface area (Å²) in [4.78, 5) is 12.5. The van der Waals surface area contributed by atoms with Crippen LogP contribution < -0.4 is 10.6 Å². The highest BCUT2D eigenvalue weighted by molar-refractivity contribution is 5.79. The van der Waals surface area contributed by atoms with Gasteiger partial charge in [0, 0.05) is 23.8 Å². The molecule has 5 nitrogen and oxygen atoms in total. The second kappa shape index (κ2) is 7.18. The van der Waals surface area contributed by atoms with Crippen LogP contribution in [0, 0.1) is 19.8 Å². The van der Waals surface area contributed by atoms with E-state index in [0.29, 0.717) is 12.3 Å². The quantitative estimate of drug-likeness (QED) is 0.905. The first kappa shape index (κ1) is 16.7. The zero-order chi connectivity index (χ0) is 17.1. The Hall–Kier alpha value is -2.14. The van der Waals surface area contributed by atoms with Crippen LogP contribution >= 0.6 is 0 Å². The van der Waals surface area contributed by atoms with Crippen LogP contribution in [0.3, 0.4) is 0 Å². The predicted octanol–water partition coefficient (Wildman–Crippen LogP) is 2.15. The lowest BCUT2D eigenvalue weighted by Gasteiger charge is -2.30. The molecule has 1 saturated heterocycles. The summed E-state index contributed by atoms with van der Waals surface area (Å²) in [5, 5.41) is 11.2. The zero-order valence-corrected chi connectivity index (χ0v) is 14.7. The number of aromatic nitrogens is 2.